The Balaban J connectivity index is 2.16. The molecule has 2 aliphatic heterocycles. The van der Waals surface area contributed by atoms with Crippen molar-refractivity contribution < 1.29 is 29.2 Å². The summed E-state index contributed by atoms with van der Waals surface area (Å²) in [7, 11) is 0. The molecule has 17 heavy (non-hydrogen) atoms. The van der Waals surface area contributed by atoms with Gasteiger partial charge in [-0.3, -0.25) is 9.69 Å². The van der Waals surface area contributed by atoms with Crippen molar-refractivity contribution in [3.63, 3.8) is 0 Å². The molecule has 0 saturated heterocycles. The number of carbonyl (C=O) groups is 1. The number of aliphatic hydroxyl groups excluding tert-OH is 3. The highest BCUT2D eigenvalue weighted by atomic mass is 19.1. The lowest BCUT2D eigenvalue weighted by molar-refractivity contribution is -0.139. The van der Waals surface area contributed by atoms with E-state index in [1.807, 2.05) is 0 Å². The van der Waals surface area contributed by atoms with Crippen LogP contribution in [0.25, 0.3) is 0 Å². The third kappa shape index (κ3) is 1.92. The Labute approximate surface area is 95.4 Å². The third-order valence-corrected chi connectivity index (χ3v) is 2.45. The van der Waals surface area contributed by atoms with Crippen LogP contribution in [0.2, 0.25) is 0 Å². The van der Waals surface area contributed by atoms with Gasteiger partial charge in [-0.15, -0.1) is 0 Å². The van der Waals surface area contributed by atoms with Crippen molar-refractivity contribution in [1.82, 2.24) is 10.2 Å². The number of rotatable bonds is 2. The molecule has 0 radical (unpaired) electrons. The summed E-state index contributed by atoms with van der Waals surface area (Å²) in [6.45, 7) is -0.650. The van der Waals surface area contributed by atoms with Gasteiger partial charge in [0, 0.05) is 12.3 Å². The normalized spacial score (nSPS) is 32.8. The smallest absolute Gasteiger partial charge is 0.248 e. The molecule has 94 valence electrons. The Morgan fingerprint density at radius 3 is 2.82 bits per heavy atom. The molecule has 7 nitrogen and oxygen atoms in total. The number of nitrogens with zero attached hydrogens (tertiary/aromatic N) is 1. The molecule has 0 saturated carbocycles. The van der Waals surface area contributed by atoms with E-state index in [0.717, 1.165) is 17.2 Å². The maximum Gasteiger partial charge on any atom is 0.248 e. The van der Waals surface area contributed by atoms with E-state index in [4.69, 9.17) is 9.84 Å². The molecule has 8 heteroatoms. The fourth-order valence-electron chi connectivity index (χ4n) is 1.59. The summed E-state index contributed by atoms with van der Waals surface area (Å²) in [6, 6.07) is 0. The summed E-state index contributed by atoms with van der Waals surface area (Å²) >= 11 is 0. The van der Waals surface area contributed by atoms with Crippen LogP contribution in [0.5, 0.6) is 0 Å². The molecule has 0 fully saturated rings. The van der Waals surface area contributed by atoms with E-state index in [0.29, 0.717) is 0 Å². The molecule has 0 aromatic rings. The SMILES string of the molecule is O=C1C=CN([C@@H]2OC(CO)=C(O)C2F)C(O)N1. The molecular formula is C9H11FN2O5. The lowest BCUT2D eigenvalue weighted by Gasteiger charge is -2.34. The maximum absolute atomic E-state index is 13.6. The first-order valence-electron chi connectivity index (χ1n) is 4.82. The summed E-state index contributed by atoms with van der Waals surface area (Å²) in [6.07, 6.45) is -2.47. The molecule has 0 spiro atoms. The molecule has 0 aliphatic carbocycles. The molecule has 0 bridgehead atoms. The fraction of sp³-hybridized carbons (Fsp3) is 0.444. The zero-order chi connectivity index (χ0) is 12.6. The van der Waals surface area contributed by atoms with Gasteiger partial charge in [0.15, 0.2) is 11.5 Å². The highest BCUT2D eigenvalue weighted by molar-refractivity contribution is 5.88. The number of aliphatic hydroxyl groups is 3. The quantitative estimate of drug-likeness (QED) is 0.481. The van der Waals surface area contributed by atoms with Crippen molar-refractivity contribution >= 4 is 5.91 Å². The summed E-state index contributed by atoms with van der Waals surface area (Å²) in [4.78, 5) is 11.9. The van der Waals surface area contributed by atoms with E-state index in [-0.39, 0.29) is 5.76 Å². The number of hydrogen-bond acceptors (Lipinski definition) is 6. The third-order valence-electron chi connectivity index (χ3n) is 2.45. The largest absolute Gasteiger partial charge is 0.506 e. The number of amides is 1. The van der Waals surface area contributed by atoms with Gasteiger partial charge in [-0.2, -0.15) is 0 Å². The second-order valence-electron chi connectivity index (χ2n) is 3.52. The molecule has 4 N–H and O–H groups in total. The minimum atomic E-state index is -1.91. The van der Waals surface area contributed by atoms with Crippen LogP contribution < -0.4 is 5.32 Å². The Hall–Kier alpha value is -1.80. The van der Waals surface area contributed by atoms with E-state index in [9.17, 15) is 19.4 Å². The Bertz CT molecular complexity index is 397. The van der Waals surface area contributed by atoms with Crippen LogP contribution in [0.3, 0.4) is 0 Å². The van der Waals surface area contributed by atoms with Crippen LogP contribution in [0.15, 0.2) is 23.8 Å². The highest BCUT2D eigenvalue weighted by Crippen LogP contribution is 2.29. The van der Waals surface area contributed by atoms with Gasteiger partial charge in [-0.25, -0.2) is 4.39 Å². The van der Waals surface area contributed by atoms with Crippen molar-refractivity contribution in [2.45, 2.75) is 18.8 Å². The van der Waals surface area contributed by atoms with Crippen LogP contribution in [-0.2, 0) is 9.53 Å². The first-order chi connectivity index (χ1) is 8.04. The van der Waals surface area contributed by atoms with Gasteiger partial charge in [0.1, 0.15) is 6.61 Å². The van der Waals surface area contributed by atoms with Crippen molar-refractivity contribution in [2.24, 2.45) is 0 Å². The molecule has 0 aromatic heterocycles. The number of hydrogen-bond donors (Lipinski definition) is 4. The standard InChI is InChI=1S/C9H11FN2O5/c10-6-7(15)4(3-13)17-8(6)12-2-1-5(14)11-9(12)16/h1-2,6,8-9,13,15-16H,3H2,(H,11,14)/t6?,8-,9?/m1/s1. The van der Waals surface area contributed by atoms with Gasteiger partial charge in [-0.1, -0.05) is 0 Å². The van der Waals surface area contributed by atoms with E-state index < -0.39 is 37.0 Å². The average Bonchev–Trinajstić information content (AvgIpc) is 2.57. The molecule has 2 heterocycles. The maximum atomic E-state index is 13.6. The van der Waals surface area contributed by atoms with Crippen LogP contribution in [-0.4, -0.2) is 51.5 Å². The molecule has 2 aliphatic rings. The molecule has 3 atom stereocenters. The first kappa shape index (κ1) is 11.7. The van der Waals surface area contributed by atoms with Crippen LogP contribution in [0, 0.1) is 0 Å². The predicted octanol–water partition coefficient (Wildman–Crippen LogP) is -1.34. The number of nitrogens with one attached hydrogen (secondary N) is 1. The van der Waals surface area contributed by atoms with Gasteiger partial charge < -0.3 is 25.4 Å². The Kier molecular flexibility index (Phi) is 2.90. The minimum Gasteiger partial charge on any atom is -0.506 e. The summed E-state index contributed by atoms with van der Waals surface area (Å²) in [5.74, 6) is -1.53. The lowest BCUT2D eigenvalue weighted by Crippen LogP contribution is -2.54. The number of ether oxygens (including phenoxy) is 1. The van der Waals surface area contributed by atoms with Crippen molar-refractivity contribution in [3.05, 3.63) is 23.8 Å². The zero-order valence-electron chi connectivity index (χ0n) is 8.58. The highest BCUT2D eigenvalue weighted by Gasteiger charge is 2.43. The summed E-state index contributed by atoms with van der Waals surface area (Å²) in [5, 5.41) is 29.7. The lowest BCUT2D eigenvalue weighted by atomic mass is 10.2. The van der Waals surface area contributed by atoms with E-state index in [2.05, 4.69) is 5.32 Å². The number of alkyl halides is 1. The van der Waals surface area contributed by atoms with Gasteiger partial charge in [0.2, 0.25) is 24.7 Å². The topological polar surface area (TPSA) is 102 Å². The van der Waals surface area contributed by atoms with Crippen molar-refractivity contribution in [2.75, 3.05) is 6.61 Å². The molecule has 2 unspecified atom stereocenters. The summed E-state index contributed by atoms with van der Waals surface area (Å²) < 4.78 is 18.6. The number of halogens is 1. The van der Waals surface area contributed by atoms with Gasteiger partial charge in [-0.05, 0) is 0 Å². The van der Waals surface area contributed by atoms with Gasteiger partial charge >= 0.3 is 0 Å². The van der Waals surface area contributed by atoms with Crippen molar-refractivity contribution in [3.8, 4) is 0 Å². The molecule has 2 rings (SSSR count). The fourth-order valence-corrected chi connectivity index (χ4v) is 1.59. The van der Waals surface area contributed by atoms with E-state index in [1.54, 1.807) is 0 Å². The average molecular weight is 246 g/mol. The second-order valence-corrected chi connectivity index (χ2v) is 3.52. The number of carbonyl (C=O) groups excluding carboxylic acids is 1. The molecule has 0 aromatic carbocycles. The van der Waals surface area contributed by atoms with Gasteiger partial charge in [0.05, 0.1) is 0 Å². The van der Waals surface area contributed by atoms with Gasteiger partial charge in [0.25, 0.3) is 0 Å². The van der Waals surface area contributed by atoms with E-state index in [1.165, 1.54) is 0 Å². The molecular weight excluding hydrogens is 235 g/mol. The van der Waals surface area contributed by atoms with E-state index >= 15 is 0 Å². The zero-order valence-corrected chi connectivity index (χ0v) is 8.58. The predicted molar refractivity (Wildman–Crippen MR) is 51.6 cm³/mol. The van der Waals surface area contributed by atoms with Crippen LogP contribution in [0.4, 0.5) is 4.39 Å². The molecule has 1 amide bonds. The van der Waals surface area contributed by atoms with Crippen molar-refractivity contribution in [1.29, 1.82) is 0 Å². The Morgan fingerprint density at radius 1 is 1.59 bits per heavy atom. The first-order valence-corrected chi connectivity index (χ1v) is 4.82. The second kappa shape index (κ2) is 4.22. The monoisotopic (exact) mass is 246 g/mol. The van der Waals surface area contributed by atoms with Crippen LogP contribution in [0.1, 0.15) is 0 Å². The minimum absolute atomic E-state index is 0.292. The Morgan fingerprint density at radius 2 is 2.29 bits per heavy atom. The summed E-state index contributed by atoms with van der Waals surface area (Å²) in [5.41, 5.74) is 0. The van der Waals surface area contributed by atoms with Crippen LogP contribution >= 0.6 is 0 Å².